The molecule has 0 radical (unpaired) electrons. The van der Waals surface area contributed by atoms with Gasteiger partial charge in [-0.15, -0.1) is 0 Å². The third kappa shape index (κ3) is 3.42. The van der Waals surface area contributed by atoms with Crippen molar-refractivity contribution in [2.24, 2.45) is 0 Å². The highest BCUT2D eigenvalue weighted by Gasteiger charge is 2.36. The number of nitrogens with zero attached hydrogens (tertiary/aromatic N) is 1. The molecule has 0 saturated carbocycles. The Morgan fingerprint density at radius 2 is 1.90 bits per heavy atom. The molecule has 5 nitrogen and oxygen atoms in total. The molecule has 1 heterocycles. The van der Waals surface area contributed by atoms with E-state index in [0.29, 0.717) is 13.0 Å². The minimum absolute atomic E-state index is 0.182. The van der Waals surface area contributed by atoms with E-state index in [9.17, 15) is 9.59 Å². The van der Waals surface area contributed by atoms with E-state index >= 15 is 0 Å². The second-order valence-corrected chi connectivity index (χ2v) is 5.09. The molecule has 2 atom stereocenters. The maximum atomic E-state index is 12.8. The quantitative estimate of drug-likeness (QED) is 0.795. The van der Waals surface area contributed by atoms with Gasteiger partial charge in [-0.3, -0.25) is 4.79 Å². The number of methoxy groups -OCH3 is 2. The fourth-order valence-electron chi connectivity index (χ4n) is 2.73. The Kier molecular flexibility index (Phi) is 5.33. The fourth-order valence-corrected chi connectivity index (χ4v) is 2.73. The number of hydrogen-bond acceptors (Lipinski definition) is 4. The minimum atomic E-state index is -0.684. The number of hydrogen-bond donors (Lipinski definition) is 0. The number of piperidine rings is 1. The summed E-state index contributed by atoms with van der Waals surface area (Å²) in [4.78, 5) is 26.2. The van der Waals surface area contributed by atoms with E-state index in [4.69, 9.17) is 9.47 Å². The summed E-state index contributed by atoms with van der Waals surface area (Å²) < 4.78 is 10.2. The van der Waals surface area contributed by atoms with Crippen LogP contribution in [0.5, 0.6) is 0 Å². The van der Waals surface area contributed by atoms with Crippen LogP contribution in [0.25, 0.3) is 0 Å². The molecule has 1 amide bonds. The van der Waals surface area contributed by atoms with Crippen molar-refractivity contribution < 1.29 is 19.1 Å². The molecule has 0 N–H and O–H groups in total. The molecule has 1 aromatic carbocycles. The lowest BCUT2D eigenvalue weighted by molar-refractivity contribution is -0.159. The molecular formula is C16H21NO4. The maximum Gasteiger partial charge on any atom is 0.328 e. The number of esters is 1. The Morgan fingerprint density at radius 3 is 2.52 bits per heavy atom. The first-order valence-electron chi connectivity index (χ1n) is 7.15. The Morgan fingerprint density at radius 1 is 1.19 bits per heavy atom. The van der Waals surface area contributed by atoms with E-state index in [1.54, 1.807) is 4.90 Å². The predicted molar refractivity (Wildman–Crippen MR) is 77.6 cm³/mol. The molecule has 0 spiro atoms. The summed E-state index contributed by atoms with van der Waals surface area (Å²) in [6.07, 6.45) is 1.78. The second kappa shape index (κ2) is 7.22. The van der Waals surface area contributed by atoms with E-state index < -0.39 is 12.1 Å². The topological polar surface area (TPSA) is 55.8 Å². The molecule has 1 aliphatic heterocycles. The molecule has 0 aromatic heterocycles. The summed E-state index contributed by atoms with van der Waals surface area (Å²) in [6, 6.07) is 8.81. The highest BCUT2D eigenvalue weighted by Crippen LogP contribution is 2.25. The zero-order valence-electron chi connectivity index (χ0n) is 12.5. The number of benzene rings is 1. The lowest BCUT2D eigenvalue weighted by Gasteiger charge is -2.35. The van der Waals surface area contributed by atoms with Crippen molar-refractivity contribution >= 4 is 11.9 Å². The van der Waals surface area contributed by atoms with Crippen LogP contribution in [0.4, 0.5) is 0 Å². The van der Waals surface area contributed by atoms with Gasteiger partial charge in [-0.05, 0) is 24.8 Å². The maximum absolute atomic E-state index is 12.8. The van der Waals surface area contributed by atoms with Crippen LogP contribution in [0.15, 0.2) is 30.3 Å². The highest BCUT2D eigenvalue weighted by atomic mass is 16.5. The fraction of sp³-hybridized carbons (Fsp3) is 0.500. The zero-order chi connectivity index (χ0) is 15.2. The summed E-state index contributed by atoms with van der Waals surface area (Å²) in [5.41, 5.74) is 0.791. The van der Waals surface area contributed by atoms with Crippen molar-refractivity contribution in [1.29, 1.82) is 0 Å². The van der Waals surface area contributed by atoms with Crippen molar-refractivity contribution in [3.63, 3.8) is 0 Å². The first-order valence-corrected chi connectivity index (χ1v) is 7.15. The van der Waals surface area contributed by atoms with E-state index in [0.717, 1.165) is 18.4 Å². The molecule has 2 unspecified atom stereocenters. The number of carbonyl (C=O) groups is 2. The zero-order valence-corrected chi connectivity index (χ0v) is 12.5. The molecule has 5 heteroatoms. The Labute approximate surface area is 124 Å². The summed E-state index contributed by atoms with van der Waals surface area (Å²) in [5.74, 6) is -0.537. The highest BCUT2D eigenvalue weighted by molar-refractivity contribution is 5.88. The van der Waals surface area contributed by atoms with Crippen molar-refractivity contribution in [2.75, 3.05) is 20.8 Å². The van der Waals surface area contributed by atoms with Gasteiger partial charge in [0.15, 0.2) is 6.10 Å². The van der Waals surface area contributed by atoms with Crippen molar-refractivity contribution in [2.45, 2.75) is 31.4 Å². The first kappa shape index (κ1) is 15.5. The Bertz CT molecular complexity index is 488. The molecule has 1 fully saturated rings. The largest absolute Gasteiger partial charge is 0.467 e. The minimum Gasteiger partial charge on any atom is -0.467 e. The SMILES string of the molecule is COC(=O)C1CCCCN1C(=O)C(OC)c1ccccc1. The average molecular weight is 291 g/mol. The lowest BCUT2D eigenvalue weighted by Crippen LogP contribution is -2.50. The molecule has 1 aliphatic rings. The van der Waals surface area contributed by atoms with Crippen LogP contribution in [-0.2, 0) is 19.1 Å². The number of likely N-dealkylation sites (tertiary alicyclic amines) is 1. The van der Waals surface area contributed by atoms with E-state index in [-0.39, 0.29) is 11.9 Å². The first-order chi connectivity index (χ1) is 10.2. The molecule has 2 rings (SSSR count). The van der Waals surface area contributed by atoms with Gasteiger partial charge in [0, 0.05) is 13.7 Å². The number of ether oxygens (including phenoxy) is 2. The smallest absolute Gasteiger partial charge is 0.328 e. The van der Waals surface area contributed by atoms with Gasteiger partial charge >= 0.3 is 5.97 Å². The number of rotatable bonds is 4. The Balaban J connectivity index is 2.21. The van der Waals surface area contributed by atoms with Crippen molar-refractivity contribution in [3.05, 3.63) is 35.9 Å². The summed E-state index contributed by atoms with van der Waals surface area (Å²) in [6.45, 7) is 0.561. The van der Waals surface area contributed by atoms with Gasteiger partial charge in [0.1, 0.15) is 6.04 Å². The second-order valence-electron chi connectivity index (χ2n) is 5.09. The standard InChI is InChI=1S/C16H21NO4/c1-20-14(12-8-4-3-5-9-12)15(18)17-11-7-6-10-13(17)16(19)21-2/h3-5,8-9,13-14H,6-7,10-11H2,1-2H3. The molecular weight excluding hydrogens is 270 g/mol. The van der Waals surface area contributed by atoms with E-state index in [1.807, 2.05) is 30.3 Å². The van der Waals surface area contributed by atoms with Gasteiger partial charge in [-0.25, -0.2) is 4.79 Å². The van der Waals surface area contributed by atoms with Crippen LogP contribution < -0.4 is 0 Å². The number of carbonyl (C=O) groups excluding carboxylic acids is 2. The van der Waals surface area contributed by atoms with Crippen LogP contribution in [0.1, 0.15) is 30.9 Å². The third-order valence-corrected chi connectivity index (χ3v) is 3.82. The predicted octanol–water partition coefficient (Wildman–Crippen LogP) is 1.93. The van der Waals surface area contributed by atoms with Crippen LogP contribution in [0.3, 0.4) is 0 Å². The monoisotopic (exact) mass is 291 g/mol. The summed E-state index contributed by atoms with van der Waals surface area (Å²) in [5, 5.41) is 0. The molecule has 1 saturated heterocycles. The molecule has 1 aromatic rings. The van der Waals surface area contributed by atoms with Crippen molar-refractivity contribution in [3.8, 4) is 0 Å². The van der Waals surface area contributed by atoms with Gasteiger partial charge in [0.05, 0.1) is 7.11 Å². The third-order valence-electron chi connectivity index (χ3n) is 3.82. The van der Waals surface area contributed by atoms with Crippen LogP contribution >= 0.6 is 0 Å². The van der Waals surface area contributed by atoms with Crippen molar-refractivity contribution in [1.82, 2.24) is 4.90 Å². The van der Waals surface area contributed by atoms with Crippen LogP contribution in [0, 0.1) is 0 Å². The summed E-state index contributed by atoms with van der Waals surface area (Å²) >= 11 is 0. The van der Waals surface area contributed by atoms with Gasteiger partial charge < -0.3 is 14.4 Å². The van der Waals surface area contributed by atoms with Gasteiger partial charge in [-0.1, -0.05) is 30.3 Å². The van der Waals surface area contributed by atoms with Gasteiger partial charge in [0.2, 0.25) is 0 Å². The number of amides is 1. The van der Waals surface area contributed by atoms with Crippen LogP contribution in [-0.4, -0.2) is 43.6 Å². The molecule has 0 bridgehead atoms. The van der Waals surface area contributed by atoms with Gasteiger partial charge in [-0.2, -0.15) is 0 Å². The average Bonchev–Trinajstić information content (AvgIpc) is 2.55. The Hall–Kier alpha value is -1.88. The summed E-state index contributed by atoms with van der Waals surface area (Å²) in [7, 11) is 2.86. The van der Waals surface area contributed by atoms with E-state index in [2.05, 4.69) is 0 Å². The van der Waals surface area contributed by atoms with Crippen LogP contribution in [0.2, 0.25) is 0 Å². The normalized spacial score (nSPS) is 19.9. The van der Waals surface area contributed by atoms with E-state index in [1.165, 1.54) is 14.2 Å². The molecule has 114 valence electrons. The molecule has 0 aliphatic carbocycles. The van der Waals surface area contributed by atoms with Gasteiger partial charge in [0.25, 0.3) is 5.91 Å². The lowest BCUT2D eigenvalue weighted by atomic mass is 9.99. The molecule has 21 heavy (non-hydrogen) atoms.